The van der Waals surface area contributed by atoms with Crippen LogP contribution in [0.2, 0.25) is 0 Å². The molecule has 21 heavy (non-hydrogen) atoms. The van der Waals surface area contributed by atoms with E-state index in [1.807, 2.05) is 13.8 Å². The number of aryl methyl sites for hydroxylation is 2. The quantitative estimate of drug-likeness (QED) is 0.890. The summed E-state index contributed by atoms with van der Waals surface area (Å²) in [6.45, 7) is 4.19. The molecule has 1 aromatic carbocycles. The molecule has 0 atom stereocenters. The first kappa shape index (κ1) is 15.2. The molecule has 2 aromatic rings. The summed E-state index contributed by atoms with van der Waals surface area (Å²) in [5, 5.41) is 12.6. The lowest BCUT2D eigenvalue weighted by molar-refractivity contribution is 0.0696. The highest BCUT2D eigenvalue weighted by Gasteiger charge is 2.14. The summed E-state index contributed by atoms with van der Waals surface area (Å²) in [4.78, 5) is 27.8. The molecule has 0 radical (unpaired) electrons. The van der Waals surface area contributed by atoms with Gasteiger partial charge in [0.15, 0.2) is 0 Å². The van der Waals surface area contributed by atoms with Crippen LogP contribution >= 0.6 is 11.3 Å². The van der Waals surface area contributed by atoms with Gasteiger partial charge in [0, 0.05) is 6.54 Å². The Kier molecular flexibility index (Phi) is 4.70. The fourth-order valence-electron chi connectivity index (χ4n) is 1.84. The molecule has 6 heteroatoms. The number of carboxylic acid groups (broad SMARTS) is 1. The molecule has 1 amide bonds. The average Bonchev–Trinajstić information content (AvgIpc) is 2.86. The van der Waals surface area contributed by atoms with Crippen LogP contribution in [0.1, 0.15) is 43.2 Å². The minimum Gasteiger partial charge on any atom is -0.478 e. The lowest BCUT2D eigenvalue weighted by Gasteiger charge is -2.04. The maximum absolute atomic E-state index is 12.1. The molecular formula is C15H16N2O3S. The van der Waals surface area contributed by atoms with Gasteiger partial charge in [-0.25, -0.2) is 9.78 Å². The topological polar surface area (TPSA) is 79.3 Å². The van der Waals surface area contributed by atoms with Gasteiger partial charge in [-0.2, -0.15) is 0 Å². The summed E-state index contributed by atoms with van der Waals surface area (Å²) < 4.78 is 0. The molecule has 0 aliphatic rings. The summed E-state index contributed by atoms with van der Waals surface area (Å²) in [7, 11) is 0. The normalized spacial score (nSPS) is 10.4. The lowest BCUT2D eigenvalue weighted by atomic mass is 10.1. The van der Waals surface area contributed by atoms with Gasteiger partial charge in [-0.15, -0.1) is 11.3 Å². The Hall–Kier alpha value is -2.21. The molecule has 110 valence electrons. The predicted molar refractivity (Wildman–Crippen MR) is 80.8 cm³/mol. The number of benzene rings is 1. The summed E-state index contributed by atoms with van der Waals surface area (Å²) in [6, 6.07) is 6.44. The van der Waals surface area contributed by atoms with Crippen LogP contribution in [-0.2, 0) is 13.0 Å². The molecule has 1 heterocycles. The van der Waals surface area contributed by atoms with E-state index in [2.05, 4.69) is 10.3 Å². The van der Waals surface area contributed by atoms with Crippen LogP contribution in [0.4, 0.5) is 0 Å². The van der Waals surface area contributed by atoms with Crippen LogP contribution in [0.5, 0.6) is 0 Å². The van der Waals surface area contributed by atoms with Gasteiger partial charge in [0.25, 0.3) is 5.91 Å². The average molecular weight is 304 g/mol. The van der Waals surface area contributed by atoms with Crippen molar-refractivity contribution < 1.29 is 14.7 Å². The second-order valence-electron chi connectivity index (χ2n) is 4.56. The fraction of sp³-hybridized carbons (Fsp3) is 0.267. The molecule has 2 N–H and O–H groups in total. The summed E-state index contributed by atoms with van der Waals surface area (Å²) in [6.07, 6.45) is 0.815. The van der Waals surface area contributed by atoms with E-state index in [-0.39, 0.29) is 11.5 Å². The standard InChI is InChI=1S/C15H16N2O3S/c1-3-12-17-9(2)13(21-12)14(18)16-8-10-4-6-11(7-5-10)15(19)20/h4-7H,3,8H2,1-2H3,(H,16,18)(H,19,20). The van der Waals surface area contributed by atoms with Crippen molar-refractivity contribution in [1.29, 1.82) is 0 Å². The third kappa shape index (κ3) is 3.66. The number of hydrogen-bond donors (Lipinski definition) is 2. The maximum atomic E-state index is 12.1. The number of hydrogen-bond acceptors (Lipinski definition) is 4. The van der Waals surface area contributed by atoms with Gasteiger partial charge in [-0.1, -0.05) is 19.1 Å². The smallest absolute Gasteiger partial charge is 0.335 e. The number of carbonyl (C=O) groups excluding carboxylic acids is 1. The fourth-order valence-corrected chi connectivity index (χ4v) is 2.76. The van der Waals surface area contributed by atoms with Gasteiger partial charge in [0.2, 0.25) is 0 Å². The van der Waals surface area contributed by atoms with Gasteiger partial charge in [0.05, 0.1) is 16.3 Å². The molecular weight excluding hydrogens is 288 g/mol. The molecule has 0 saturated heterocycles. The molecule has 5 nitrogen and oxygen atoms in total. The van der Waals surface area contributed by atoms with E-state index in [1.54, 1.807) is 12.1 Å². The SMILES string of the molecule is CCc1nc(C)c(C(=O)NCc2ccc(C(=O)O)cc2)s1. The van der Waals surface area contributed by atoms with Crippen molar-refractivity contribution in [2.75, 3.05) is 0 Å². The van der Waals surface area contributed by atoms with E-state index < -0.39 is 5.97 Å². The number of carboxylic acids is 1. The number of nitrogens with zero attached hydrogens (tertiary/aromatic N) is 1. The van der Waals surface area contributed by atoms with E-state index in [4.69, 9.17) is 5.11 Å². The van der Waals surface area contributed by atoms with Crippen molar-refractivity contribution >= 4 is 23.2 Å². The zero-order chi connectivity index (χ0) is 15.4. The molecule has 0 aliphatic carbocycles. The monoisotopic (exact) mass is 304 g/mol. The predicted octanol–water partition coefficient (Wildman–Crippen LogP) is 2.64. The lowest BCUT2D eigenvalue weighted by Crippen LogP contribution is -2.22. The van der Waals surface area contributed by atoms with E-state index >= 15 is 0 Å². The van der Waals surface area contributed by atoms with Gasteiger partial charge >= 0.3 is 5.97 Å². The van der Waals surface area contributed by atoms with Crippen LogP contribution in [0, 0.1) is 6.92 Å². The molecule has 1 aromatic heterocycles. The minimum absolute atomic E-state index is 0.146. The summed E-state index contributed by atoms with van der Waals surface area (Å²) in [5.41, 5.74) is 1.83. The molecule has 2 rings (SSSR count). The van der Waals surface area contributed by atoms with Gasteiger partial charge in [0.1, 0.15) is 4.88 Å². The Labute approximate surface area is 126 Å². The first-order chi connectivity index (χ1) is 10.0. The van der Waals surface area contributed by atoms with Gasteiger partial charge < -0.3 is 10.4 Å². The van der Waals surface area contributed by atoms with E-state index in [0.717, 1.165) is 22.7 Å². The number of amides is 1. The molecule has 0 aliphatic heterocycles. The maximum Gasteiger partial charge on any atom is 0.335 e. The second-order valence-corrected chi connectivity index (χ2v) is 5.64. The molecule has 0 unspecified atom stereocenters. The first-order valence-electron chi connectivity index (χ1n) is 6.58. The minimum atomic E-state index is -0.960. The van der Waals surface area contributed by atoms with Crippen molar-refractivity contribution in [2.45, 2.75) is 26.8 Å². The number of aromatic carboxylic acids is 1. The van der Waals surface area contributed by atoms with Crippen LogP contribution in [0.3, 0.4) is 0 Å². The first-order valence-corrected chi connectivity index (χ1v) is 7.39. The number of nitrogens with one attached hydrogen (secondary N) is 1. The van der Waals surface area contributed by atoms with Crippen LogP contribution < -0.4 is 5.32 Å². The van der Waals surface area contributed by atoms with E-state index in [9.17, 15) is 9.59 Å². The summed E-state index contributed by atoms with van der Waals surface area (Å²) >= 11 is 1.41. The third-order valence-electron chi connectivity index (χ3n) is 3.00. The van der Waals surface area contributed by atoms with Crippen molar-refractivity contribution in [3.63, 3.8) is 0 Å². The van der Waals surface area contributed by atoms with Crippen molar-refractivity contribution in [1.82, 2.24) is 10.3 Å². The van der Waals surface area contributed by atoms with E-state index in [0.29, 0.717) is 11.4 Å². The van der Waals surface area contributed by atoms with Crippen molar-refractivity contribution in [2.24, 2.45) is 0 Å². The molecule has 0 saturated carbocycles. The van der Waals surface area contributed by atoms with Gasteiger partial charge in [-0.05, 0) is 31.0 Å². The number of thiazole rings is 1. The van der Waals surface area contributed by atoms with E-state index in [1.165, 1.54) is 23.5 Å². The van der Waals surface area contributed by atoms with Crippen molar-refractivity contribution in [3.8, 4) is 0 Å². The third-order valence-corrected chi connectivity index (χ3v) is 4.30. The second kappa shape index (κ2) is 6.49. The zero-order valence-corrected chi connectivity index (χ0v) is 12.7. The Morgan fingerprint density at radius 3 is 2.48 bits per heavy atom. The Morgan fingerprint density at radius 1 is 1.29 bits per heavy atom. The largest absolute Gasteiger partial charge is 0.478 e. The Bertz CT molecular complexity index is 662. The molecule has 0 spiro atoms. The Balaban J connectivity index is 2.00. The number of aromatic nitrogens is 1. The zero-order valence-electron chi connectivity index (χ0n) is 11.8. The highest BCUT2D eigenvalue weighted by Crippen LogP contribution is 2.18. The highest BCUT2D eigenvalue weighted by atomic mass is 32.1. The van der Waals surface area contributed by atoms with Gasteiger partial charge in [-0.3, -0.25) is 4.79 Å². The number of carbonyl (C=O) groups is 2. The Morgan fingerprint density at radius 2 is 1.95 bits per heavy atom. The van der Waals surface area contributed by atoms with Crippen molar-refractivity contribution in [3.05, 3.63) is 51.0 Å². The van der Waals surface area contributed by atoms with Crippen LogP contribution in [0.25, 0.3) is 0 Å². The number of rotatable bonds is 5. The highest BCUT2D eigenvalue weighted by molar-refractivity contribution is 7.13. The van der Waals surface area contributed by atoms with Crippen LogP contribution in [0.15, 0.2) is 24.3 Å². The molecule has 0 bridgehead atoms. The van der Waals surface area contributed by atoms with Crippen LogP contribution in [-0.4, -0.2) is 22.0 Å². The molecule has 0 fully saturated rings. The summed E-state index contributed by atoms with van der Waals surface area (Å²) in [5.74, 6) is -1.11.